The number of aryl methyl sites for hydroxylation is 2. The van der Waals surface area contributed by atoms with Crippen molar-refractivity contribution in [3.8, 4) is 5.88 Å². The molecule has 0 saturated carbocycles. The van der Waals surface area contributed by atoms with Gasteiger partial charge in [-0.2, -0.15) is 0 Å². The molecule has 0 radical (unpaired) electrons. The molecule has 0 spiro atoms. The predicted octanol–water partition coefficient (Wildman–Crippen LogP) is 8.05. The van der Waals surface area contributed by atoms with Gasteiger partial charge < -0.3 is 15.0 Å². The molecule has 1 heterocycles. The summed E-state index contributed by atoms with van der Waals surface area (Å²) in [6.07, 6.45) is 0. The van der Waals surface area contributed by atoms with Crippen LogP contribution in [0, 0.1) is 19.7 Å². The third kappa shape index (κ3) is 5.08. The van der Waals surface area contributed by atoms with E-state index in [0.29, 0.717) is 10.9 Å². The number of hydrogen-bond donors (Lipinski definition) is 2. The van der Waals surface area contributed by atoms with Crippen molar-refractivity contribution in [3.05, 3.63) is 86.6 Å². The van der Waals surface area contributed by atoms with E-state index < -0.39 is 5.82 Å². The van der Waals surface area contributed by atoms with Crippen LogP contribution in [0.3, 0.4) is 0 Å². The van der Waals surface area contributed by atoms with Crippen LogP contribution in [-0.2, 0) is 6.54 Å². The summed E-state index contributed by atoms with van der Waals surface area (Å²) in [5, 5.41) is 23.5. The standard InChI is InChI=1S/C24H19BrClFN4OS/c1-13-3-7-18(9-14(13)2)28-24(33)30-29-22-19-10-16(25)5-8-21(19)31(23(22)32)12-15-4-6-17(27)11-20(15)26/h3-11,32H,12H2,1-2H3,(H,28,33). The van der Waals surface area contributed by atoms with Crippen molar-refractivity contribution in [1.29, 1.82) is 0 Å². The van der Waals surface area contributed by atoms with Crippen LogP contribution in [0.4, 0.5) is 15.8 Å². The average molecular weight is 546 g/mol. The molecule has 0 saturated heterocycles. The summed E-state index contributed by atoms with van der Waals surface area (Å²) in [5.41, 5.74) is 4.76. The lowest BCUT2D eigenvalue weighted by Crippen LogP contribution is -2.05. The Morgan fingerprint density at radius 3 is 2.64 bits per heavy atom. The highest BCUT2D eigenvalue weighted by Gasteiger charge is 2.18. The second kappa shape index (κ2) is 9.59. The molecule has 0 fully saturated rings. The van der Waals surface area contributed by atoms with Gasteiger partial charge >= 0.3 is 0 Å². The molecule has 168 valence electrons. The number of hydrogen-bond acceptors (Lipinski definition) is 3. The van der Waals surface area contributed by atoms with Crippen LogP contribution in [0.25, 0.3) is 10.9 Å². The zero-order chi connectivity index (χ0) is 23.7. The van der Waals surface area contributed by atoms with Gasteiger partial charge in [0.15, 0.2) is 5.69 Å². The van der Waals surface area contributed by atoms with E-state index in [-0.39, 0.29) is 28.2 Å². The summed E-state index contributed by atoms with van der Waals surface area (Å²) < 4.78 is 15.9. The van der Waals surface area contributed by atoms with Crippen molar-refractivity contribution in [2.75, 3.05) is 5.32 Å². The second-order valence-corrected chi connectivity index (χ2v) is 9.29. The van der Waals surface area contributed by atoms with Crippen molar-refractivity contribution in [3.63, 3.8) is 0 Å². The summed E-state index contributed by atoms with van der Waals surface area (Å²) in [6.45, 7) is 4.28. The Kier molecular flexibility index (Phi) is 6.78. The first kappa shape index (κ1) is 23.4. The van der Waals surface area contributed by atoms with Gasteiger partial charge in [0.2, 0.25) is 11.0 Å². The molecule has 0 atom stereocenters. The van der Waals surface area contributed by atoms with Gasteiger partial charge in [-0.1, -0.05) is 39.7 Å². The normalized spacial score (nSPS) is 11.4. The Labute approximate surface area is 209 Å². The number of nitrogens with one attached hydrogen (secondary N) is 1. The third-order valence-corrected chi connectivity index (χ3v) is 6.34. The molecule has 4 rings (SSSR count). The number of benzene rings is 3. The minimum absolute atomic E-state index is 0.0961. The van der Waals surface area contributed by atoms with E-state index in [9.17, 15) is 9.50 Å². The SMILES string of the molecule is Cc1ccc(NC(=S)N=Nc2c(O)n(Cc3ccc(F)cc3Cl)c3ccc(Br)cc23)cc1C. The fraction of sp³-hybridized carbons (Fsp3) is 0.125. The molecule has 0 aliphatic heterocycles. The number of nitrogens with zero attached hydrogens (tertiary/aromatic N) is 3. The highest BCUT2D eigenvalue weighted by Crippen LogP contribution is 2.41. The Bertz CT molecular complexity index is 1420. The van der Waals surface area contributed by atoms with Gasteiger partial charge in [0.25, 0.3) is 0 Å². The van der Waals surface area contributed by atoms with Crippen molar-refractivity contribution in [2.45, 2.75) is 20.4 Å². The molecule has 0 unspecified atom stereocenters. The zero-order valence-electron chi connectivity index (χ0n) is 17.7. The van der Waals surface area contributed by atoms with Crippen LogP contribution in [0.15, 0.2) is 69.3 Å². The van der Waals surface area contributed by atoms with E-state index in [1.54, 1.807) is 10.6 Å². The van der Waals surface area contributed by atoms with Gasteiger partial charge in [-0.3, -0.25) is 0 Å². The van der Waals surface area contributed by atoms with Crippen LogP contribution in [-0.4, -0.2) is 14.8 Å². The topological polar surface area (TPSA) is 61.9 Å². The highest BCUT2D eigenvalue weighted by atomic mass is 79.9. The van der Waals surface area contributed by atoms with Crippen molar-refractivity contribution in [1.82, 2.24) is 4.57 Å². The first-order valence-corrected chi connectivity index (χ1v) is 11.6. The summed E-state index contributed by atoms with van der Waals surface area (Å²) in [6, 6.07) is 15.6. The van der Waals surface area contributed by atoms with Crippen LogP contribution in [0.2, 0.25) is 5.02 Å². The first-order valence-electron chi connectivity index (χ1n) is 9.97. The van der Waals surface area contributed by atoms with Crippen LogP contribution >= 0.6 is 39.7 Å². The predicted molar refractivity (Wildman–Crippen MR) is 138 cm³/mol. The summed E-state index contributed by atoms with van der Waals surface area (Å²) in [4.78, 5) is 0. The smallest absolute Gasteiger partial charge is 0.221 e. The first-order chi connectivity index (χ1) is 15.7. The van der Waals surface area contributed by atoms with Crippen molar-refractivity contribution in [2.24, 2.45) is 10.2 Å². The Morgan fingerprint density at radius 2 is 1.91 bits per heavy atom. The highest BCUT2D eigenvalue weighted by molar-refractivity contribution is 9.10. The maximum Gasteiger partial charge on any atom is 0.221 e. The van der Waals surface area contributed by atoms with E-state index in [1.807, 2.05) is 50.2 Å². The summed E-state index contributed by atoms with van der Waals surface area (Å²) in [7, 11) is 0. The van der Waals surface area contributed by atoms with E-state index >= 15 is 0 Å². The Balaban J connectivity index is 1.68. The maximum absolute atomic E-state index is 13.4. The molecule has 0 bridgehead atoms. The fourth-order valence-electron chi connectivity index (χ4n) is 3.44. The average Bonchev–Trinajstić information content (AvgIpc) is 3.01. The number of rotatable bonds is 4. The molecule has 4 aromatic rings. The molecule has 2 N–H and O–H groups in total. The Morgan fingerprint density at radius 1 is 1.12 bits per heavy atom. The van der Waals surface area contributed by atoms with Crippen LogP contribution in [0.1, 0.15) is 16.7 Å². The van der Waals surface area contributed by atoms with Crippen LogP contribution < -0.4 is 5.32 Å². The van der Waals surface area contributed by atoms with Gasteiger partial charge in [0.05, 0.1) is 12.1 Å². The minimum Gasteiger partial charge on any atom is -0.493 e. The number of azo groups is 1. The van der Waals surface area contributed by atoms with E-state index in [4.69, 9.17) is 23.8 Å². The molecule has 0 aliphatic carbocycles. The van der Waals surface area contributed by atoms with Crippen molar-refractivity contribution >= 4 is 67.1 Å². The fourth-order valence-corrected chi connectivity index (χ4v) is 4.18. The number of halogens is 3. The summed E-state index contributed by atoms with van der Waals surface area (Å²) >= 11 is 15.0. The molecular formula is C24H19BrClFN4OS. The quantitative estimate of drug-likeness (QED) is 0.201. The lowest BCUT2D eigenvalue weighted by Gasteiger charge is -2.09. The molecule has 0 amide bonds. The van der Waals surface area contributed by atoms with E-state index in [1.165, 1.54) is 17.7 Å². The summed E-state index contributed by atoms with van der Waals surface area (Å²) in [5.74, 6) is -0.519. The van der Waals surface area contributed by atoms with Gasteiger partial charge in [0.1, 0.15) is 5.82 Å². The lowest BCUT2D eigenvalue weighted by molar-refractivity contribution is 0.429. The van der Waals surface area contributed by atoms with Crippen molar-refractivity contribution < 1.29 is 9.50 Å². The maximum atomic E-state index is 13.4. The largest absolute Gasteiger partial charge is 0.493 e. The third-order valence-electron chi connectivity index (χ3n) is 5.31. The minimum atomic E-state index is -0.423. The number of aromatic hydroxyl groups is 1. The van der Waals surface area contributed by atoms with Gasteiger partial charge in [-0.15, -0.1) is 10.2 Å². The number of thiocarbonyl (C=S) groups is 1. The molecule has 0 aliphatic rings. The number of fused-ring (bicyclic) bond motifs is 1. The number of anilines is 1. The molecule has 9 heteroatoms. The van der Waals surface area contributed by atoms with Crippen LogP contribution in [0.5, 0.6) is 5.88 Å². The van der Waals surface area contributed by atoms with E-state index in [2.05, 4.69) is 31.5 Å². The van der Waals surface area contributed by atoms with Gasteiger partial charge in [-0.05, 0) is 85.2 Å². The second-order valence-electron chi connectivity index (χ2n) is 7.58. The zero-order valence-corrected chi connectivity index (χ0v) is 20.9. The van der Waals surface area contributed by atoms with Gasteiger partial charge in [-0.25, -0.2) is 4.39 Å². The molecule has 5 nitrogen and oxygen atoms in total. The molecule has 33 heavy (non-hydrogen) atoms. The Hall–Kier alpha value is -2.81. The van der Waals surface area contributed by atoms with Gasteiger partial charge in [0, 0.05) is 20.6 Å². The van der Waals surface area contributed by atoms with E-state index in [0.717, 1.165) is 21.2 Å². The lowest BCUT2D eigenvalue weighted by atomic mass is 10.1. The molecule has 3 aromatic carbocycles. The monoisotopic (exact) mass is 544 g/mol. The molecular weight excluding hydrogens is 527 g/mol. The molecule has 1 aromatic heterocycles. The number of aromatic nitrogens is 1.